The SMILES string of the molecule is CCCN1CCC(CNC(=NC)NCCc2ccccc2F)CC1.I. The van der Waals surface area contributed by atoms with Gasteiger partial charge in [-0.25, -0.2) is 4.39 Å². The first-order valence-corrected chi connectivity index (χ1v) is 9.13. The van der Waals surface area contributed by atoms with Crippen molar-refractivity contribution >= 4 is 29.9 Å². The average Bonchev–Trinajstić information content (AvgIpc) is 2.61. The molecular formula is C19H32FIN4. The van der Waals surface area contributed by atoms with Crippen LogP contribution in [0, 0.1) is 11.7 Å². The molecule has 1 heterocycles. The maximum absolute atomic E-state index is 13.6. The smallest absolute Gasteiger partial charge is 0.190 e. The van der Waals surface area contributed by atoms with Crippen LogP contribution in [0.15, 0.2) is 29.3 Å². The molecule has 0 aromatic heterocycles. The van der Waals surface area contributed by atoms with Gasteiger partial charge in [0.15, 0.2) is 5.96 Å². The van der Waals surface area contributed by atoms with Crippen LogP contribution in [0.4, 0.5) is 4.39 Å². The van der Waals surface area contributed by atoms with Gasteiger partial charge < -0.3 is 15.5 Å². The van der Waals surface area contributed by atoms with E-state index in [0.717, 1.165) is 18.1 Å². The van der Waals surface area contributed by atoms with Crippen LogP contribution in [0.5, 0.6) is 0 Å². The highest BCUT2D eigenvalue weighted by atomic mass is 127. The minimum atomic E-state index is -0.138. The number of guanidine groups is 1. The summed E-state index contributed by atoms with van der Waals surface area (Å²) < 4.78 is 13.6. The second-order valence-electron chi connectivity index (χ2n) is 6.51. The van der Waals surface area contributed by atoms with Crippen molar-refractivity contribution in [3.8, 4) is 0 Å². The minimum absolute atomic E-state index is 0. The lowest BCUT2D eigenvalue weighted by Gasteiger charge is -2.32. The van der Waals surface area contributed by atoms with Crippen LogP contribution < -0.4 is 10.6 Å². The summed E-state index contributed by atoms with van der Waals surface area (Å²) in [5.74, 6) is 1.38. The van der Waals surface area contributed by atoms with E-state index in [2.05, 4.69) is 27.4 Å². The Morgan fingerprint density at radius 2 is 1.96 bits per heavy atom. The molecule has 0 atom stereocenters. The fourth-order valence-corrected chi connectivity index (χ4v) is 3.21. The van der Waals surface area contributed by atoms with Crippen LogP contribution in [0.2, 0.25) is 0 Å². The highest BCUT2D eigenvalue weighted by Gasteiger charge is 2.18. The lowest BCUT2D eigenvalue weighted by molar-refractivity contribution is 0.185. The number of likely N-dealkylation sites (tertiary alicyclic amines) is 1. The molecule has 1 aliphatic heterocycles. The Balaban J connectivity index is 0.00000312. The Labute approximate surface area is 168 Å². The van der Waals surface area contributed by atoms with Crippen molar-refractivity contribution in [3.63, 3.8) is 0 Å². The van der Waals surface area contributed by atoms with Crippen molar-refractivity contribution in [1.82, 2.24) is 15.5 Å². The largest absolute Gasteiger partial charge is 0.356 e. The summed E-state index contributed by atoms with van der Waals surface area (Å²) in [5, 5.41) is 6.69. The molecular weight excluding hydrogens is 430 g/mol. The average molecular weight is 462 g/mol. The van der Waals surface area contributed by atoms with Gasteiger partial charge in [-0.3, -0.25) is 4.99 Å². The summed E-state index contributed by atoms with van der Waals surface area (Å²) >= 11 is 0. The maximum Gasteiger partial charge on any atom is 0.190 e. The molecule has 0 spiro atoms. The minimum Gasteiger partial charge on any atom is -0.356 e. The number of benzene rings is 1. The predicted octanol–water partition coefficient (Wildman–Crippen LogP) is 3.27. The summed E-state index contributed by atoms with van der Waals surface area (Å²) in [6.45, 7) is 7.51. The zero-order valence-corrected chi connectivity index (χ0v) is 17.8. The Morgan fingerprint density at radius 1 is 1.24 bits per heavy atom. The van der Waals surface area contributed by atoms with Gasteiger partial charge in [0.25, 0.3) is 0 Å². The molecule has 1 fully saturated rings. The molecule has 0 amide bonds. The van der Waals surface area contributed by atoms with E-state index in [9.17, 15) is 4.39 Å². The zero-order chi connectivity index (χ0) is 17.2. The van der Waals surface area contributed by atoms with Gasteiger partial charge in [-0.2, -0.15) is 0 Å². The molecule has 1 aliphatic rings. The number of piperidine rings is 1. The van der Waals surface area contributed by atoms with E-state index < -0.39 is 0 Å². The molecule has 6 heteroatoms. The number of halogens is 2. The molecule has 25 heavy (non-hydrogen) atoms. The van der Waals surface area contributed by atoms with Gasteiger partial charge in [0, 0.05) is 20.1 Å². The highest BCUT2D eigenvalue weighted by molar-refractivity contribution is 14.0. The van der Waals surface area contributed by atoms with Crippen molar-refractivity contribution in [2.45, 2.75) is 32.6 Å². The molecule has 2 rings (SSSR count). The number of hydrogen-bond donors (Lipinski definition) is 2. The van der Waals surface area contributed by atoms with E-state index in [0.29, 0.717) is 18.9 Å². The molecule has 2 N–H and O–H groups in total. The van der Waals surface area contributed by atoms with E-state index in [1.807, 2.05) is 12.1 Å². The first-order valence-electron chi connectivity index (χ1n) is 9.13. The van der Waals surface area contributed by atoms with Crippen LogP contribution in [-0.4, -0.2) is 50.6 Å². The van der Waals surface area contributed by atoms with Gasteiger partial charge in [0.1, 0.15) is 5.82 Å². The fraction of sp³-hybridized carbons (Fsp3) is 0.632. The van der Waals surface area contributed by atoms with Crippen LogP contribution in [-0.2, 0) is 6.42 Å². The van der Waals surface area contributed by atoms with E-state index >= 15 is 0 Å². The van der Waals surface area contributed by atoms with Crippen molar-refractivity contribution in [1.29, 1.82) is 0 Å². The third-order valence-corrected chi connectivity index (χ3v) is 4.67. The van der Waals surface area contributed by atoms with Gasteiger partial charge in [0.05, 0.1) is 0 Å². The molecule has 0 aliphatic carbocycles. The Bertz CT molecular complexity index is 516. The summed E-state index contributed by atoms with van der Waals surface area (Å²) in [4.78, 5) is 6.81. The zero-order valence-electron chi connectivity index (χ0n) is 15.4. The van der Waals surface area contributed by atoms with Crippen molar-refractivity contribution in [2.75, 3.05) is 39.8 Å². The molecule has 0 unspecified atom stereocenters. The standard InChI is InChI=1S/C19H31FN4.HI/c1-3-12-24-13-9-16(10-14-24)15-23-19(21-2)22-11-8-17-6-4-5-7-18(17)20;/h4-7,16H,3,8-15H2,1-2H3,(H2,21,22,23);1H. The van der Waals surface area contributed by atoms with Crippen molar-refractivity contribution in [3.05, 3.63) is 35.6 Å². The lowest BCUT2D eigenvalue weighted by atomic mass is 9.97. The monoisotopic (exact) mass is 462 g/mol. The summed E-state index contributed by atoms with van der Waals surface area (Å²) in [5.41, 5.74) is 0.740. The maximum atomic E-state index is 13.6. The first-order chi connectivity index (χ1) is 11.7. The van der Waals surface area contributed by atoms with Crippen LogP contribution in [0.25, 0.3) is 0 Å². The van der Waals surface area contributed by atoms with Gasteiger partial charge in [-0.15, -0.1) is 24.0 Å². The fourth-order valence-electron chi connectivity index (χ4n) is 3.21. The van der Waals surface area contributed by atoms with Gasteiger partial charge in [0.2, 0.25) is 0 Å². The molecule has 0 saturated carbocycles. The molecule has 1 aromatic rings. The first kappa shape index (κ1) is 22.2. The highest BCUT2D eigenvalue weighted by Crippen LogP contribution is 2.16. The number of rotatable bonds is 7. The lowest BCUT2D eigenvalue weighted by Crippen LogP contribution is -2.43. The molecule has 142 valence electrons. The number of hydrogen-bond acceptors (Lipinski definition) is 2. The summed E-state index contributed by atoms with van der Waals surface area (Å²) in [6.07, 6.45) is 4.39. The van der Waals surface area contributed by atoms with Crippen molar-refractivity contribution in [2.24, 2.45) is 10.9 Å². The van der Waals surface area contributed by atoms with Crippen molar-refractivity contribution < 1.29 is 4.39 Å². The molecule has 0 radical (unpaired) electrons. The number of aliphatic imine (C=N–C) groups is 1. The van der Waals surface area contributed by atoms with Crippen LogP contribution >= 0.6 is 24.0 Å². The Kier molecular flexibility index (Phi) is 11.0. The summed E-state index contributed by atoms with van der Waals surface area (Å²) in [6, 6.07) is 6.93. The van der Waals surface area contributed by atoms with E-state index in [1.165, 1.54) is 45.0 Å². The topological polar surface area (TPSA) is 39.7 Å². The van der Waals surface area contributed by atoms with Crippen LogP contribution in [0.1, 0.15) is 31.7 Å². The van der Waals surface area contributed by atoms with E-state index in [-0.39, 0.29) is 29.8 Å². The van der Waals surface area contributed by atoms with Gasteiger partial charge in [-0.1, -0.05) is 25.1 Å². The Morgan fingerprint density at radius 3 is 2.60 bits per heavy atom. The Hall–Kier alpha value is -0.890. The third-order valence-electron chi connectivity index (χ3n) is 4.67. The molecule has 0 bridgehead atoms. The van der Waals surface area contributed by atoms with E-state index in [1.54, 1.807) is 13.1 Å². The normalized spacial score (nSPS) is 16.4. The summed E-state index contributed by atoms with van der Waals surface area (Å²) in [7, 11) is 1.78. The molecule has 4 nitrogen and oxygen atoms in total. The van der Waals surface area contributed by atoms with Gasteiger partial charge in [-0.05, 0) is 62.9 Å². The molecule has 1 aromatic carbocycles. The van der Waals surface area contributed by atoms with Gasteiger partial charge >= 0.3 is 0 Å². The predicted molar refractivity (Wildman–Crippen MR) is 114 cm³/mol. The van der Waals surface area contributed by atoms with Crippen LogP contribution in [0.3, 0.4) is 0 Å². The molecule has 1 saturated heterocycles. The van der Waals surface area contributed by atoms with E-state index in [4.69, 9.17) is 0 Å². The number of nitrogens with one attached hydrogen (secondary N) is 2. The quantitative estimate of drug-likeness (QED) is 0.371. The second-order valence-corrected chi connectivity index (χ2v) is 6.51. The second kappa shape index (κ2) is 12.5. The number of nitrogens with zero attached hydrogens (tertiary/aromatic N) is 2. The third kappa shape index (κ3) is 7.90.